The van der Waals surface area contributed by atoms with E-state index in [0.717, 1.165) is 16.8 Å². The fourth-order valence-electron chi connectivity index (χ4n) is 2.49. The highest BCUT2D eigenvalue weighted by atomic mass is 35.5. The number of aromatic nitrogens is 3. The Morgan fingerprint density at radius 3 is 2.69 bits per heavy atom. The first-order chi connectivity index (χ1) is 12.5. The maximum absolute atomic E-state index is 12.3. The number of anilines is 1. The third kappa shape index (κ3) is 3.19. The number of fused-ring (bicyclic) bond motifs is 1. The molecule has 0 radical (unpaired) electrons. The van der Waals surface area contributed by atoms with Crippen LogP contribution < -0.4 is 5.32 Å². The van der Waals surface area contributed by atoms with Crippen LogP contribution >= 0.6 is 34.5 Å². The number of thiazole rings is 1. The Hall–Kier alpha value is -2.41. The summed E-state index contributed by atoms with van der Waals surface area (Å²) in [6, 6.07) is 12.5. The van der Waals surface area contributed by atoms with Crippen molar-refractivity contribution in [1.82, 2.24) is 14.6 Å². The van der Waals surface area contributed by atoms with Crippen molar-refractivity contribution in [2.45, 2.75) is 6.92 Å². The van der Waals surface area contributed by atoms with Crippen LogP contribution in [0.3, 0.4) is 0 Å². The maximum Gasteiger partial charge on any atom is 0.258 e. The van der Waals surface area contributed by atoms with Gasteiger partial charge in [-0.25, -0.2) is 4.52 Å². The van der Waals surface area contributed by atoms with Crippen molar-refractivity contribution in [2.75, 3.05) is 5.32 Å². The zero-order valence-corrected chi connectivity index (χ0v) is 15.9. The molecule has 0 saturated carbocycles. The lowest BCUT2D eigenvalue weighted by atomic mass is 10.1. The van der Waals surface area contributed by atoms with E-state index < -0.39 is 0 Å². The first-order valence-corrected chi connectivity index (χ1v) is 9.32. The second kappa shape index (κ2) is 6.72. The first-order valence-electron chi connectivity index (χ1n) is 7.69. The molecule has 2 aromatic heterocycles. The Bertz CT molecular complexity index is 1120. The fraction of sp³-hybridized carbons (Fsp3) is 0.0556. The smallest absolute Gasteiger partial charge is 0.258 e. The van der Waals surface area contributed by atoms with E-state index in [1.54, 1.807) is 34.8 Å². The van der Waals surface area contributed by atoms with Gasteiger partial charge in [0.25, 0.3) is 11.9 Å². The summed E-state index contributed by atoms with van der Waals surface area (Å²) in [5.74, 6) is -0.0209. The summed E-state index contributed by atoms with van der Waals surface area (Å²) < 4.78 is 1.65. The number of carbonyl (C=O) groups excluding carboxylic acids is 1. The molecule has 26 heavy (non-hydrogen) atoms. The molecule has 0 aliphatic rings. The lowest BCUT2D eigenvalue weighted by molar-refractivity contribution is 0.102. The normalized spacial score (nSPS) is 11.0. The van der Waals surface area contributed by atoms with Gasteiger partial charge in [-0.15, -0.1) is 16.4 Å². The highest BCUT2D eigenvalue weighted by Crippen LogP contribution is 2.33. The molecule has 4 aromatic rings. The minimum atomic E-state index is -0.259. The van der Waals surface area contributed by atoms with E-state index >= 15 is 0 Å². The molecule has 0 aliphatic carbocycles. The van der Waals surface area contributed by atoms with Crippen LogP contribution in [-0.2, 0) is 0 Å². The van der Waals surface area contributed by atoms with E-state index in [1.807, 2.05) is 24.4 Å². The van der Waals surface area contributed by atoms with Gasteiger partial charge in [0.05, 0.1) is 10.7 Å². The van der Waals surface area contributed by atoms with Crippen LogP contribution in [0.5, 0.6) is 0 Å². The number of benzene rings is 2. The molecule has 4 rings (SSSR count). The molecule has 1 N–H and O–H groups in total. The molecule has 0 bridgehead atoms. The van der Waals surface area contributed by atoms with Crippen LogP contribution in [-0.4, -0.2) is 20.5 Å². The van der Waals surface area contributed by atoms with Crippen LogP contribution in [0.2, 0.25) is 10.0 Å². The SMILES string of the molecule is Cc1ccc(C(=O)Nc2nc3scc(-c4cc(Cl)ccc4Cl)n3n2)cc1. The zero-order valence-electron chi connectivity index (χ0n) is 13.5. The number of nitrogens with zero attached hydrogens (tertiary/aromatic N) is 3. The van der Waals surface area contributed by atoms with E-state index in [9.17, 15) is 4.79 Å². The van der Waals surface area contributed by atoms with Gasteiger partial charge < -0.3 is 0 Å². The van der Waals surface area contributed by atoms with Crippen LogP contribution in [0.1, 0.15) is 15.9 Å². The number of nitrogens with one attached hydrogen (secondary N) is 1. The molecular formula is C18H12Cl2N4OS. The molecule has 130 valence electrons. The topological polar surface area (TPSA) is 59.3 Å². The van der Waals surface area contributed by atoms with E-state index in [2.05, 4.69) is 15.4 Å². The van der Waals surface area contributed by atoms with Crippen molar-refractivity contribution in [3.05, 3.63) is 69.0 Å². The Kier molecular flexibility index (Phi) is 4.40. The molecule has 2 heterocycles. The molecule has 0 atom stereocenters. The first kappa shape index (κ1) is 17.0. The van der Waals surface area contributed by atoms with Crippen molar-refractivity contribution in [2.24, 2.45) is 0 Å². The molecule has 0 saturated heterocycles. The number of rotatable bonds is 3. The minimum absolute atomic E-state index is 0.238. The molecule has 5 nitrogen and oxygen atoms in total. The second-order valence-corrected chi connectivity index (χ2v) is 7.38. The van der Waals surface area contributed by atoms with E-state index in [-0.39, 0.29) is 11.9 Å². The van der Waals surface area contributed by atoms with Crippen LogP contribution in [0, 0.1) is 6.92 Å². The predicted molar refractivity (Wildman–Crippen MR) is 105 cm³/mol. The molecule has 0 unspecified atom stereocenters. The van der Waals surface area contributed by atoms with Gasteiger partial charge in [0.1, 0.15) is 0 Å². The average molecular weight is 403 g/mol. The molecule has 0 fully saturated rings. The molecular weight excluding hydrogens is 391 g/mol. The standard InChI is InChI=1S/C18H12Cl2N4OS/c1-10-2-4-11(5-3-10)16(25)21-17-22-18-24(23-17)15(9-26-18)13-8-12(19)6-7-14(13)20/h2-9H,1H3,(H,21,23,25). The largest absolute Gasteiger partial charge is 0.289 e. The Morgan fingerprint density at radius 1 is 1.15 bits per heavy atom. The third-order valence-electron chi connectivity index (χ3n) is 3.83. The number of aryl methyl sites for hydroxylation is 1. The molecule has 0 spiro atoms. The minimum Gasteiger partial charge on any atom is -0.289 e. The summed E-state index contributed by atoms with van der Waals surface area (Å²) >= 11 is 13.8. The lowest BCUT2D eigenvalue weighted by Crippen LogP contribution is -2.13. The van der Waals surface area contributed by atoms with Gasteiger partial charge in [-0.3, -0.25) is 10.1 Å². The van der Waals surface area contributed by atoms with Gasteiger partial charge in [-0.1, -0.05) is 40.9 Å². The van der Waals surface area contributed by atoms with Gasteiger partial charge >= 0.3 is 0 Å². The number of hydrogen-bond acceptors (Lipinski definition) is 4. The van der Waals surface area contributed by atoms with Crippen molar-refractivity contribution >= 4 is 51.4 Å². The monoisotopic (exact) mass is 402 g/mol. The average Bonchev–Trinajstić information content (AvgIpc) is 3.17. The van der Waals surface area contributed by atoms with E-state index in [0.29, 0.717) is 20.6 Å². The van der Waals surface area contributed by atoms with Crippen molar-refractivity contribution < 1.29 is 4.79 Å². The van der Waals surface area contributed by atoms with Crippen LogP contribution in [0.25, 0.3) is 16.2 Å². The Labute approximate surface area is 163 Å². The van der Waals surface area contributed by atoms with Gasteiger partial charge in [-0.05, 0) is 37.3 Å². The van der Waals surface area contributed by atoms with Gasteiger partial charge in [-0.2, -0.15) is 4.98 Å². The predicted octanol–water partition coefficient (Wildman–Crippen LogP) is 5.33. The van der Waals surface area contributed by atoms with Crippen LogP contribution in [0.4, 0.5) is 5.95 Å². The molecule has 1 amide bonds. The van der Waals surface area contributed by atoms with Gasteiger partial charge in [0.15, 0.2) is 0 Å². The Balaban J connectivity index is 1.67. The zero-order chi connectivity index (χ0) is 18.3. The van der Waals surface area contributed by atoms with Gasteiger partial charge in [0.2, 0.25) is 4.96 Å². The molecule has 8 heteroatoms. The number of carbonyl (C=O) groups is 1. The van der Waals surface area contributed by atoms with E-state index in [4.69, 9.17) is 23.2 Å². The second-order valence-electron chi connectivity index (χ2n) is 5.70. The number of amides is 1. The summed E-state index contributed by atoms with van der Waals surface area (Å²) in [6.07, 6.45) is 0. The fourth-order valence-corrected chi connectivity index (χ4v) is 3.70. The van der Waals surface area contributed by atoms with Crippen molar-refractivity contribution in [3.63, 3.8) is 0 Å². The maximum atomic E-state index is 12.3. The summed E-state index contributed by atoms with van der Waals surface area (Å²) in [4.78, 5) is 17.3. The lowest BCUT2D eigenvalue weighted by Gasteiger charge is -2.03. The van der Waals surface area contributed by atoms with Crippen molar-refractivity contribution in [3.8, 4) is 11.3 Å². The summed E-state index contributed by atoms with van der Waals surface area (Å²) in [5, 5.41) is 10.2. The third-order valence-corrected chi connectivity index (χ3v) is 5.21. The van der Waals surface area contributed by atoms with Crippen LogP contribution in [0.15, 0.2) is 47.8 Å². The summed E-state index contributed by atoms with van der Waals surface area (Å²) in [5.41, 5.74) is 3.16. The number of hydrogen-bond donors (Lipinski definition) is 1. The quantitative estimate of drug-likeness (QED) is 0.503. The summed E-state index contributed by atoms with van der Waals surface area (Å²) in [7, 11) is 0. The van der Waals surface area contributed by atoms with E-state index in [1.165, 1.54) is 11.3 Å². The van der Waals surface area contributed by atoms with Crippen molar-refractivity contribution in [1.29, 1.82) is 0 Å². The highest BCUT2D eigenvalue weighted by molar-refractivity contribution is 7.15. The number of halogens is 2. The summed E-state index contributed by atoms with van der Waals surface area (Å²) in [6.45, 7) is 1.97. The highest BCUT2D eigenvalue weighted by Gasteiger charge is 2.16. The Morgan fingerprint density at radius 2 is 1.92 bits per heavy atom. The molecule has 2 aromatic carbocycles. The molecule has 0 aliphatic heterocycles. The van der Waals surface area contributed by atoms with Gasteiger partial charge in [0, 0.05) is 21.5 Å².